The molecule has 1 unspecified atom stereocenters. The number of nitrogens with two attached hydrogens (primary N) is 1. The minimum atomic E-state index is 0.142. The van der Waals surface area contributed by atoms with Crippen LogP contribution in [0.3, 0.4) is 0 Å². The molecule has 2 rings (SSSR count). The fraction of sp³-hybridized carbons (Fsp3) is 0.438. The Labute approximate surface area is 115 Å². The quantitative estimate of drug-likeness (QED) is 0.895. The second kappa shape index (κ2) is 6.02. The third kappa shape index (κ3) is 3.67. The highest BCUT2D eigenvalue weighted by Gasteiger charge is 2.10. The number of benzene rings is 1. The van der Waals surface area contributed by atoms with Crippen molar-refractivity contribution in [2.24, 2.45) is 5.73 Å². The molecule has 2 aromatic rings. The summed E-state index contributed by atoms with van der Waals surface area (Å²) in [5.41, 5.74) is 11.2. The molecule has 0 saturated heterocycles. The minimum absolute atomic E-state index is 0.142. The smallest absolute Gasteiger partial charge is 0.0596 e. The van der Waals surface area contributed by atoms with E-state index in [1.807, 2.05) is 11.6 Å². The van der Waals surface area contributed by atoms with Gasteiger partial charge in [-0.3, -0.25) is 4.68 Å². The molecule has 0 amide bonds. The van der Waals surface area contributed by atoms with Crippen molar-refractivity contribution in [1.82, 2.24) is 9.78 Å². The number of aryl methyl sites for hydroxylation is 3. The number of rotatable bonds is 5. The van der Waals surface area contributed by atoms with Crippen molar-refractivity contribution < 1.29 is 0 Å². The summed E-state index contributed by atoms with van der Waals surface area (Å²) < 4.78 is 2.05. The van der Waals surface area contributed by atoms with Crippen LogP contribution in [0, 0.1) is 13.8 Å². The first-order valence-corrected chi connectivity index (χ1v) is 6.93. The molecular formula is C16H23N3. The molecule has 0 saturated carbocycles. The van der Waals surface area contributed by atoms with E-state index in [0.29, 0.717) is 0 Å². The van der Waals surface area contributed by atoms with E-state index < -0.39 is 0 Å². The normalized spacial score (nSPS) is 12.6. The highest BCUT2D eigenvalue weighted by atomic mass is 15.3. The van der Waals surface area contributed by atoms with Crippen molar-refractivity contribution in [2.75, 3.05) is 0 Å². The number of hydrogen-bond acceptors (Lipinski definition) is 2. The predicted molar refractivity (Wildman–Crippen MR) is 79.2 cm³/mol. The average Bonchev–Trinajstić information content (AvgIpc) is 2.69. The summed E-state index contributed by atoms with van der Waals surface area (Å²) in [6, 6.07) is 10.8. The zero-order valence-electron chi connectivity index (χ0n) is 12.1. The molecule has 0 bridgehead atoms. The van der Waals surface area contributed by atoms with Crippen molar-refractivity contribution >= 4 is 0 Å². The number of nitrogens with zero attached hydrogens (tertiary/aromatic N) is 2. The van der Waals surface area contributed by atoms with Crippen LogP contribution in [0.15, 0.2) is 30.3 Å². The fourth-order valence-electron chi connectivity index (χ4n) is 2.52. The molecule has 0 radical (unpaired) electrons. The lowest BCUT2D eigenvalue weighted by Gasteiger charge is -2.13. The third-order valence-electron chi connectivity index (χ3n) is 3.34. The third-order valence-corrected chi connectivity index (χ3v) is 3.34. The molecule has 0 fully saturated rings. The zero-order chi connectivity index (χ0) is 13.8. The molecular weight excluding hydrogens is 234 g/mol. The van der Waals surface area contributed by atoms with Crippen LogP contribution in [0.1, 0.15) is 29.4 Å². The van der Waals surface area contributed by atoms with E-state index in [0.717, 1.165) is 25.1 Å². The van der Waals surface area contributed by atoms with E-state index in [1.165, 1.54) is 16.8 Å². The number of aromatic nitrogens is 2. The molecule has 0 aliphatic heterocycles. The van der Waals surface area contributed by atoms with Gasteiger partial charge >= 0.3 is 0 Å². The second-order valence-electron chi connectivity index (χ2n) is 5.25. The van der Waals surface area contributed by atoms with Crippen LogP contribution in [-0.4, -0.2) is 15.8 Å². The average molecular weight is 257 g/mol. The summed E-state index contributed by atoms with van der Waals surface area (Å²) in [6.07, 6.45) is 1.79. The lowest BCUT2D eigenvalue weighted by molar-refractivity contribution is 0.574. The molecule has 102 valence electrons. The molecule has 0 spiro atoms. The van der Waals surface area contributed by atoms with Gasteiger partial charge in [0.1, 0.15) is 0 Å². The van der Waals surface area contributed by atoms with E-state index in [-0.39, 0.29) is 6.04 Å². The summed E-state index contributed by atoms with van der Waals surface area (Å²) in [6.45, 7) is 7.16. The number of hydrogen-bond donors (Lipinski definition) is 1. The van der Waals surface area contributed by atoms with E-state index in [2.05, 4.69) is 49.3 Å². The van der Waals surface area contributed by atoms with Crippen LogP contribution in [0.25, 0.3) is 0 Å². The summed E-state index contributed by atoms with van der Waals surface area (Å²) >= 11 is 0. The second-order valence-corrected chi connectivity index (χ2v) is 5.25. The van der Waals surface area contributed by atoms with Crippen molar-refractivity contribution in [3.05, 3.63) is 52.8 Å². The van der Waals surface area contributed by atoms with E-state index in [4.69, 9.17) is 5.73 Å². The Kier molecular flexibility index (Phi) is 4.38. The lowest BCUT2D eigenvalue weighted by Crippen LogP contribution is -2.26. The Morgan fingerprint density at radius 1 is 1.21 bits per heavy atom. The molecule has 2 N–H and O–H groups in total. The molecule has 1 aromatic carbocycles. The van der Waals surface area contributed by atoms with Gasteiger partial charge < -0.3 is 5.73 Å². The van der Waals surface area contributed by atoms with E-state index >= 15 is 0 Å². The maximum absolute atomic E-state index is 6.28. The Hall–Kier alpha value is -1.61. The van der Waals surface area contributed by atoms with Crippen LogP contribution in [-0.2, 0) is 19.4 Å². The molecule has 19 heavy (non-hydrogen) atoms. The Morgan fingerprint density at radius 2 is 2.00 bits per heavy atom. The SMILES string of the molecule is CCn1nc(C)cc1CC(N)Cc1cccc(C)c1. The van der Waals surface area contributed by atoms with Gasteiger partial charge in [0.25, 0.3) is 0 Å². The topological polar surface area (TPSA) is 43.8 Å². The Morgan fingerprint density at radius 3 is 2.68 bits per heavy atom. The van der Waals surface area contributed by atoms with Gasteiger partial charge in [-0.2, -0.15) is 5.10 Å². The van der Waals surface area contributed by atoms with Gasteiger partial charge in [-0.15, -0.1) is 0 Å². The van der Waals surface area contributed by atoms with Gasteiger partial charge in [-0.25, -0.2) is 0 Å². The monoisotopic (exact) mass is 257 g/mol. The summed E-state index contributed by atoms with van der Waals surface area (Å²) in [7, 11) is 0. The first-order valence-electron chi connectivity index (χ1n) is 6.93. The first-order chi connectivity index (χ1) is 9.08. The van der Waals surface area contributed by atoms with Crippen molar-refractivity contribution in [2.45, 2.75) is 46.2 Å². The van der Waals surface area contributed by atoms with Crippen LogP contribution in [0.5, 0.6) is 0 Å². The van der Waals surface area contributed by atoms with Gasteiger partial charge in [0.15, 0.2) is 0 Å². The molecule has 1 aromatic heterocycles. The zero-order valence-corrected chi connectivity index (χ0v) is 12.1. The highest BCUT2D eigenvalue weighted by molar-refractivity contribution is 5.23. The molecule has 0 aliphatic rings. The van der Waals surface area contributed by atoms with Gasteiger partial charge in [0, 0.05) is 24.7 Å². The summed E-state index contributed by atoms with van der Waals surface area (Å²) in [5, 5.41) is 4.46. The van der Waals surface area contributed by atoms with Crippen LogP contribution in [0.2, 0.25) is 0 Å². The largest absolute Gasteiger partial charge is 0.327 e. The Balaban J connectivity index is 2.02. The van der Waals surface area contributed by atoms with Crippen LogP contribution < -0.4 is 5.73 Å². The van der Waals surface area contributed by atoms with Gasteiger partial charge in [-0.05, 0) is 38.8 Å². The first kappa shape index (κ1) is 13.8. The molecule has 3 nitrogen and oxygen atoms in total. The fourth-order valence-corrected chi connectivity index (χ4v) is 2.52. The van der Waals surface area contributed by atoms with Crippen LogP contribution >= 0.6 is 0 Å². The minimum Gasteiger partial charge on any atom is -0.327 e. The molecule has 3 heteroatoms. The maximum atomic E-state index is 6.28. The standard InChI is InChI=1S/C16H23N3/c1-4-19-16(9-13(3)18-19)11-15(17)10-14-7-5-6-12(2)8-14/h5-9,15H,4,10-11,17H2,1-3H3. The molecule has 1 atom stereocenters. The summed E-state index contributed by atoms with van der Waals surface area (Å²) in [5.74, 6) is 0. The van der Waals surface area contributed by atoms with Crippen molar-refractivity contribution in [3.63, 3.8) is 0 Å². The van der Waals surface area contributed by atoms with E-state index in [9.17, 15) is 0 Å². The van der Waals surface area contributed by atoms with Gasteiger partial charge in [-0.1, -0.05) is 29.8 Å². The van der Waals surface area contributed by atoms with Crippen molar-refractivity contribution in [3.8, 4) is 0 Å². The van der Waals surface area contributed by atoms with Gasteiger partial charge in [0.05, 0.1) is 5.69 Å². The van der Waals surface area contributed by atoms with Crippen LogP contribution in [0.4, 0.5) is 0 Å². The van der Waals surface area contributed by atoms with Gasteiger partial charge in [0.2, 0.25) is 0 Å². The predicted octanol–water partition coefficient (Wildman–Crippen LogP) is 2.63. The van der Waals surface area contributed by atoms with E-state index in [1.54, 1.807) is 0 Å². The van der Waals surface area contributed by atoms with Crippen molar-refractivity contribution in [1.29, 1.82) is 0 Å². The Bertz CT molecular complexity index is 543. The molecule has 1 heterocycles. The molecule has 0 aliphatic carbocycles. The highest BCUT2D eigenvalue weighted by Crippen LogP contribution is 2.11. The summed E-state index contributed by atoms with van der Waals surface area (Å²) in [4.78, 5) is 0. The maximum Gasteiger partial charge on any atom is 0.0596 e. The lowest BCUT2D eigenvalue weighted by atomic mass is 10.0.